The van der Waals surface area contributed by atoms with Crippen LogP contribution in [-0.4, -0.2) is 37.4 Å². The molecule has 1 amide bonds. The molecule has 1 heterocycles. The number of hydrogen-bond acceptors (Lipinski definition) is 4. The fraction of sp³-hybridized carbons (Fsp3) is 0.158. The summed E-state index contributed by atoms with van der Waals surface area (Å²) in [6.45, 7) is 0.137. The lowest BCUT2D eigenvalue weighted by Gasteiger charge is -2.14. The third-order valence-corrected chi connectivity index (χ3v) is 5.23. The summed E-state index contributed by atoms with van der Waals surface area (Å²) < 4.78 is 38.0. The Balaban J connectivity index is 2.22. The van der Waals surface area contributed by atoms with E-state index in [1.165, 1.54) is 18.2 Å². The van der Waals surface area contributed by atoms with Crippen molar-refractivity contribution < 1.29 is 22.7 Å². The Bertz CT molecular complexity index is 1130. The van der Waals surface area contributed by atoms with Gasteiger partial charge in [0.1, 0.15) is 5.82 Å². The van der Waals surface area contributed by atoms with E-state index in [0.29, 0.717) is 34.1 Å². The highest BCUT2D eigenvalue weighted by Gasteiger charge is 2.18. The van der Waals surface area contributed by atoms with Crippen LogP contribution in [0.5, 0.6) is 0 Å². The fourth-order valence-electron chi connectivity index (χ4n) is 2.90. The molecular formula is C19H17FN2O4S. The van der Waals surface area contributed by atoms with Gasteiger partial charge in [-0.1, -0.05) is 18.2 Å². The molecule has 0 aliphatic rings. The predicted molar refractivity (Wildman–Crippen MR) is 100.0 cm³/mol. The number of carbonyl (C=O) groups is 1. The highest BCUT2D eigenvalue weighted by molar-refractivity contribution is 7.90. The van der Waals surface area contributed by atoms with Gasteiger partial charge in [-0.3, -0.25) is 0 Å². The van der Waals surface area contributed by atoms with Crippen molar-refractivity contribution in [3.63, 3.8) is 0 Å². The number of rotatable bonds is 5. The first-order valence-electron chi connectivity index (χ1n) is 8.11. The molecule has 140 valence electrons. The van der Waals surface area contributed by atoms with Crippen molar-refractivity contribution in [1.29, 1.82) is 0 Å². The second kappa shape index (κ2) is 7.32. The average molecular weight is 388 g/mol. The second-order valence-corrected chi connectivity index (χ2v) is 8.07. The summed E-state index contributed by atoms with van der Waals surface area (Å²) in [4.78, 5) is 15.3. The molecule has 2 aromatic carbocycles. The number of aromatic nitrogens is 1. The summed E-state index contributed by atoms with van der Waals surface area (Å²) >= 11 is 0. The van der Waals surface area contributed by atoms with Crippen molar-refractivity contribution in [2.45, 2.75) is 11.3 Å². The van der Waals surface area contributed by atoms with Gasteiger partial charge in [0, 0.05) is 29.8 Å². The van der Waals surface area contributed by atoms with Gasteiger partial charge in [-0.15, -0.1) is 0 Å². The number of amides is 1. The molecule has 8 heteroatoms. The van der Waals surface area contributed by atoms with Crippen LogP contribution in [0, 0.1) is 5.82 Å². The predicted octanol–water partition coefficient (Wildman–Crippen LogP) is 3.25. The van der Waals surface area contributed by atoms with Crippen LogP contribution in [0.4, 0.5) is 9.18 Å². The van der Waals surface area contributed by atoms with E-state index in [0.717, 1.165) is 6.26 Å². The smallest absolute Gasteiger partial charge is 0.404 e. The molecule has 2 N–H and O–H groups in total. The zero-order valence-corrected chi connectivity index (χ0v) is 15.3. The van der Waals surface area contributed by atoms with Gasteiger partial charge < -0.3 is 10.4 Å². The molecule has 1 aromatic heterocycles. The highest BCUT2D eigenvalue weighted by atomic mass is 32.2. The quantitative estimate of drug-likeness (QED) is 0.699. The molecule has 0 aliphatic carbocycles. The Morgan fingerprint density at radius 3 is 2.63 bits per heavy atom. The first-order chi connectivity index (χ1) is 12.8. The third-order valence-electron chi connectivity index (χ3n) is 4.07. The Labute approximate surface area is 155 Å². The van der Waals surface area contributed by atoms with Crippen molar-refractivity contribution in [3.8, 4) is 11.3 Å². The summed E-state index contributed by atoms with van der Waals surface area (Å²) in [5.41, 5.74) is 1.85. The van der Waals surface area contributed by atoms with Crippen molar-refractivity contribution in [3.05, 3.63) is 59.9 Å². The molecule has 0 saturated heterocycles. The van der Waals surface area contributed by atoms with E-state index in [1.54, 1.807) is 30.3 Å². The zero-order valence-electron chi connectivity index (χ0n) is 14.4. The van der Waals surface area contributed by atoms with E-state index >= 15 is 0 Å². The van der Waals surface area contributed by atoms with Gasteiger partial charge in [-0.25, -0.2) is 22.6 Å². The molecule has 27 heavy (non-hydrogen) atoms. The average Bonchev–Trinajstić information content (AvgIpc) is 2.60. The van der Waals surface area contributed by atoms with Gasteiger partial charge >= 0.3 is 6.09 Å². The third kappa shape index (κ3) is 4.22. The van der Waals surface area contributed by atoms with Crippen LogP contribution < -0.4 is 5.32 Å². The summed E-state index contributed by atoms with van der Waals surface area (Å²) in [6, 6.07) is 12.4. The molecule has 0 unspecified atom stereocenters. The lowest BCUT2D eigenvalue weighted by Crippen LogP contribution is -2.23. The number of nitrogens with zero attached hydrogens (tertiary/aromatic N) is 1. The lowest BCUT2D eigenvalue weighted by molar-refractivity contribution is 0.194. The maximum absolute atomic E-state index is 13.6. The van der Waals surface area contributed by atoms with Crippen molar-refractivity contribution in [2.24, 2.45) is 0 Å². The molecule has 6 nitrogen and oxygen atoms in total. The first-order valence-corrected chi connectivity index (χ1v) is 10.0. The van der Waals surface area contributed by atoms with Crippen LogP contribution in [-0.2, 0) is 16.3 Å². The van der Waals surface area contributed by atoms with E-state index in [2.05, 4.69) is 10.3 Å². The summed E-state index contributed by atoms with van der Waals surface area (Å²) in [6.07, 6.45) is 0.266. The normalized spacial score (nSPS) is 11.5. The molecule has 3 rings (SSSR count). The van der Waals surface area contributed by atoms with Gasteiger partial charge in [-0.05, 0) is 36.2 Å². The summed E-state index contributed by atoms with van der Waals surface area (Å²) in [7, 11) is -3.52. The number of hydrogen-bond donors (Lipinski definition) is 2. The molecular weight excluding hydrogens is 371 g/mol. The minimum absolute atomic E-state index is 0.112. The number of pyridine rings is 1. The SMILES string of the molecule is CS(=O)(=O)c1ccccc1-c1nc2cc(F)ccc2cc1CCNC(=O)O. The van der Waals surface area contributed by atoms with Gasteiger partial charge in [0.25, 0.3) is 0 Å². The standard InChI is InChI=1S/C19H17FN2O4S/c1-27(25,26)17-5-3-2-4-15(17)18-13(8-9-21-19(23)24)10-12-6-7-14(20)11-16(12)22-18/h2-7,10-11,21H,8-9H2,1H3,(H,23,24). The number of benzene rings is 2. The maximum Gasteiger partial charge on any atom is 0.404 e. The van der Waals surface area contributed by atoms with Crippen molar-refractivity contribution >= 4 is 26.8 Å². The first kappa shape index (κ1) is 18.8. The number of carboxylic acid groups (broad SMARTS) is 1. The van der Waals surface area contributed by atoms with E-state index in [1.807, 2.05) is 0 Å². The number of sulfone groups is 1. The zero-order chi connectivity index (χ0) is 19.6. The van der Waals surface area contributed by atoms with Gasteiger partial charge in [0.15, 0.2) is 9.84 Å². The van der Waals surface area contributed by atoms with Gasteiger partial charge in [0.2, 0.25) is 0 Å². The van der Waals surface area contributed by atoms with Gasteiger partial charge in [-0.2, -0.15) is 0 Å². The van der Waals surface area contributed by atoms with E-state index in [-0.39, 0.29) is 11.4 Å². The van der Waals surface area contributed by atoms with Crippen LogP contribution in [0.25, 0.3) is 22.2 Å². The molecule has 3 aromatic rings. The van der Waals surface area contributed by atoms with E-state index in [9.17, 15) is 17.6 Å². The van der Waals surface area contributed by atoms with Crippen LogP contribution >= 0.6 is 0 Å². The van der Waals surface area contributed by atoms with Gasteiger partial charge in [0.05, 0.1) is 16.1 Å². The monoisotopic (exact) mass is 388 g/mol. The van der Waals surface area contributed by atoms with E-state index in [4.69, 9.17) is 5.11 Å². The second-order valence-electron chi connectivity index (χ2n) is 6.08. The number of halogens is 1. The van der Waals surface area contributed by atoms with Crippen LogP contribution in [0.2, 0.25) is 0 Å². The Morgan fingerprint density at radius 2 is 1.93 bits per heavy atom. The van der Waals surface area contributed by atoms with Crippen LogP contribution in [0.3, 0.4) is 0 Å². The molecule has 0 spiro atoms. The van der Waals surface area contributed by atoms with E-state index < -0.39 is 21.7 Å². The molecule has 0 radical (unpaired) electrons. The Kier molecular flexibility index (Phi) is 5.09. The summed E-state index contributed by atoms with van der Waals surface area (Å²) in [5.74, 6) is -0.447. The molecule has 0 bridgehead atoms. The maximum atomic E-state index is 13.6. The lowest BCUT2D eigenvalue weighted by atomic mass is 10.0. The number of fused-ring (bicyclic) bond motifs is 1. The van der Waals surface area contributed by atoms with Crippen molar-refractivity contribution in [1.82, 2.24) is 10.3 Å². The molecule has 0 aliphatic heterocycles. The number of nitrogens with one attached hydrogen (secondary N) is 1. The van der Waals surface area contributed by atoms with Crippen LogP contribution in [0.15, 0.2) is 53.4 Å². The topological polar surface area (TPSA) is 96.4 Å². The van der Waals surface area contributed by atoms with Crippen LogP contribution in [0.1, 0.15) is 5.56 Å². The molecule has 0 atom stereocenters. The largest absolute Gasteiger partial charge is 0.465 e. The minimum Gasteiger partial charge on any atom is -0.465 e. The van der Waals surface area contributed by atoms with Crippen molar-refractivity contribution in [2.75, 3.05) is 12.8 Å². The Morgan fingerprint density at radius 1 is 1.19 bits per heavy atom. The highest BCUT2D eigenvalue weighted by Crippen LogP contribution is 2.31. The summed E-state index contributed by atoms with van der Waals surface area (Å²) in [5, 5.41) is 11.8. The fourth-order valence-corrected chi connectivity index (χ4v) is 3.79. The molecule has 0 fully saturated rings. The minimum atomic E-state index is -3.52. The molecule has 0 saturated carbocycles. The Hall–Kier alpha value is -3.00.